The van der Waals surface area contributed by atoms with Crippen LogP contribution in [0.2, 0.25) is 0 Å². The number of hydrogen-bond donors (Lipinski definition) is 1. The van der Waals surface area contributed by atoms with Crippen LogP contribution in [0.3, 0.4) is 0 Å². The maximum absolute atomic E-state index is 5.99. The average molecular weight is 246 g/mol. The van der Waals surface area contributed by atoms with Crippen LogP contribution in [0.5, 0.6) is 0 Å². The van der Waals surface area contributed by atoms with Crippen LogP contribution in [0, 0.1) is 0 Å². The van der Waals surface area contributed by atoms with E-state index in [4.69, 9.17) is 5.73 Å². The second-order valence-electron chi connectivity index (χ2n) is 5.62. The number of likely N-dealkylation sites (N-methyl/N-ethyl adjacent to an activating group) is 1. The van der Waals surface area contributed by atoms with Gasteiger partial charge in [0.25, 0.3) is 0 Å². The SMILES string of the molecule is CCN(C(C)C)C(CN)c1ccc(C2CC2)cc1. The topological polar surface area (TPSA) is 29.3 Å². The molecule has 1 aliphatic carbocycles. The van der Waals surface area contributed by atoms with Gasteiger partial charge in [-0.25, -0.2) is 0 Å². The molecule has 1 saturated carbocycles. The summed E-state index contributed by atoms with van der Waals surface area (Å²) in [4.78, 5) is 2.46. The van der Waals surface area contributed by atoms with Crippen LogP contribution in [0.1, 0.15) is 56.7 Å². The maximum atomic E-state index is 5.99. The Morgan fingerprint density at radius 1 is 1.22 bits per heavy atom. The average Bonchev–Trinajstić information content (AvgIpc) is 3.20. The lowest BCUT2D eigenvalue weighted by molar-refractivity contribution is 0.166. The molecule has 2 rings (SSSR count). The molecule has 0 aromatic heterocycles. The molecule has 1 aromatic carbocycles. The van der Waals surface area contributed by atoms with E-state index in [0.717, 1.165) is 12.5 Å². The van der Waals surface area contributed by atoms with Gasteiger partial charge < -0.3 is 5.73 Å². The van der Waals surface area contributed by atoms with Crippen molar-refractivity contribution in [3.63, 3.8) is 0 Å². The molecule has 0 spiro atoms. The predicted molar refractivity (Wildman–Crippen MR) is 77.7 cm³/mol. The fraction of sp³-hybridized carbons (Fsp3) is 0.625. The minimum Gasteiger partial charge on any atom is -0.329 e. The molecular formula is C16H26N2. The molecule has 1 fully saturated rings. The van der Waals surface area contributed by atoms with Crippen LogP contribution in [0.25, 0.3) is 0 Å². The molecule has 0 heterocycles. The van der Waals surface area contributed by atoms with Gasteiger partial charge in [0.05, 0.1) is 0 Å². The Kier molecular flexibility index (Phi) is 4.41. The fourth-order valence-corrected chi connectivity index (χ4v) is 2.82. The zero-order chi connectivity index (χ0) is 13.1. The van der Waals surface area contributed by atoms with E-state index in [2.05, 4.69) is 49.9 Å². The first-order chi connectivity index (χ1) is 8.67. The molecule has 1 aliphatic rings. The first-order valence-electron chi connectivity index (χ1n) is 7.23. The Morgan fingerprint density at radius 3 is 2.22 bits per heavy atom. The normalized spacial score (nSPS) is 17.4. The van der Waals surface area contributed by atoms with E-state index in [0.29, 0.717) is 18.6 Å². The van der Waals surface area contributed by atoms with Crippen molar-refractivity contribution in [3.8, 4) is 0 Å². The summed E-state index contributed by atoms with van der Waals surface area (Å²) in [7, 11) is 0. The number of benzene rings is 1. The number of rotatable bonds is 6. The van der Waals surface area contributed by atoms with Crippen molar-refractivity contribution in [1.29, 1.82) is 0 Å². The van der Waals surface area contributed by atoms with Crippen molar-refractivity contribution in [2.75, 3.05) is 13.1 Å². The quantitative estimate of drug-likeness (QED) is 0.834. The largest absolute Gasteiger partial charge is 0.329 e. The molecule has 18 heavy (non-hydrogen) atoms. The molecule has 2 heteroatoms. The summed E-state index contributed by atoms with van der Waals surface area (Å²) in [6.07, 6.45) is 2.74. The Morgan fingerprint density at radius 2 is 1.83 bits per heavy atom. The molecule has 2 nitrogen and oxygen atoms in total. The van der Waals surface area contributed by atoms with Crippen LogP contribution in [0.15, 0.2) is 24.3 Å². The highest BCUT2D eigenvalue weighted by atomic mass is 15.2. The summed E-state index contributed by atoms with van der Waals surface area (Å²) in [5.74, 6) is 0.836. The second-order valence-corrected chi connectivity index (χ2v) is 5.62. The molecule has 1 aromatic rings. The molecule has 0 amide bonds. The van der Waals surface area contributed by atoms with Gasteiger partial charge in [0.1, 0.15) is 0 Å². The van der Waals surface area contributed by atoms with E-state index in [1.165, 1.54) is 24.0 Å². The molecule has 2 N–H and O–H groups in total. The van der Waals surface area contributed by atoms with Gasteiger partial charge in [-0.2, -0.15) is 0 Å². The molecule has 100 valence electrons. The van der Waals surface area contributed by atoms with Crippen molar-refractivity contribution < 1.29 is 0 Å². The first-order valence-corrected chi connectivity index (χ1v) is 7.23. The van der Waals surface area contributed by atoms with Crippen molar-refractivity contribution in [3.05, 3.63) is 35.4 Å². The van der Waals surface area contributed by atoms with Crippen molar-refractivity contribution in [2.45, 2.75) is 51.6 Å². The lowest BCUT2D eigenvalue weighted by Crippen LogP contribution is -2.38. The third kappa shape index (κ3) is 2.93. The van der Waals surface area contributed by atoms with Gasteiger partial charge in [0, 0.05) is 18.6 Å². The van der Waals surface area contributed by atoms with Crippen LogP contribution < -0.4 is 5.73 Å². The van der Waals surface area contributed by atoms with Gasteiger partial charge in [-0.15, -0.1) is 0 Å². The van der Waals surface area contributed by atoms with Crippen LogP contribution in [0.4, 0.5) is 0 Å². The first kappa shape index (κ1) is 13.6. The number of hydrogen-bond acceptors (Lipinski definition) is 2. The zero-order valence-electron chi connectivity index (χ0n) is 11.9. The number of nitrogens with two attached hydrogens (primary N) is 1. The van der Waals surface area contributed by atoms with E-state index in [1.54, 1.807) is 0 Å². The molecule has 0 bridgehead atoms. The fourth-order valence-electron chi connectivity index (χ4n) is 2.82. The summed E-state index contributed by atoms with van der Waals surface area (Å²) in [6.45, 7) is 8.43. The summed E-state index contributed by atoms with van der Waals surface area (Å²) in [6, 6.07) is 10.0. The third-order valence-electron chi connectivity index (χ3n) is 4.02. The minimum atomic E-state index is 0.350. The lowest BCUT2D eigenvalue weighted by Gasteiger charge is -2.33. The Hall–Kier alpha value is -0.860. The van der Waals surface area contributed by atoms with Gasteiger partial charge in [-0.3, -0.25) is 4.90 Å². The van der Waals surface area contributed by atoms with E-state index in [1.807, 2.05) is 0 Å². The minimum absolute atomic E-state index is 0.350. The van der Waals surface area contributed by atoms with Gasteiger partial charge in [-0.1, -0.05) is 31.2 Å². The van der Waals surface area contributed by atoms with Gasteiger partial charge >= 0.3 is 0 Å². The molecular weight excluding hydrogens is 220 g/mol. The number of nitrogens with zero attached hydrogens (tertiary/aromatic N) is 1. The second kappa shape index (κ2) is 5.85. The Balaban J connectivity index is 2.15. The summed E-state index contributed by atoms with van der Waals surface area (Å²) >= 11 is 0. The third-order valence-corrected chi connectivity index (χ3v) is 4.02. The van der Waals surface area contributed by atoms with Crippen molar-refractivity contribution in [1.82, 2.24) is 4.90 Å². The molecule has 0 saturated heterocycles. The van der Waals surface area contributed by atoms with E-state index >= 15 is 0 Å². The predicted octanol–water partition coefficient (Wildman–Crippen LogP) is 3.29. The zero-order valence-corrected chi connectivity index (χ0v) is 11.9. The van der Waals surface area contributed by atoms with Crippen LogP contribution in [-0.2, 0) is 0 Å². The molecule has 0 aliphatic heterocycles. The lowest BCUT2D eigenvalue weighted by atomic mass is 10.0. The molecule has 1 unspecified atom stereocenters. The summed E-state index contributed by atoms with van der Waals surface area (Å²) in [5, 5.41) is 0. The maximum Gasteiger partial charge on any atom is 0.0473 e. The molecule has 0 radical (unpaired) electrons. The van der Waals surface area contributed by atoms with Gasteiger partial charge in [-0.05, 0) is 50.3 Å². The van der Waals surface area contributed by atoms with Gasteiger partial charge in [0.15, 0.2) is 0 Å². The highest BCUT2D eigenvalue weighted by Gasteiger charge is 2.24. The van der Waals surface area contributed by atoms with Crippen LogP contribution >= 0.6 is 0 Å². The standard InChI is InChI=1S/C16H26N2/c1-4-18(12(2)3)16(11-17)15-9-7-14(8-10-15)13-5-6-13/h7-10,12-13,16H,4-6,11,17H2,1-3H3. The highest BCUT2D eigenvalue weighted by molar-refractivity contribution is 5.30. The highest BCUT2D eigenvalue weighted by Crippen LogP contribution is 2.40. The monoisotopic (exact) mass is 246 g/mol. The summed E-state index contributed by atoms with van der Waals surface area (Å²) < 4.78 is 0. The van der Waals surface area contributed by atoms with E-state index in [9.17, 15) is 0 Å². The smallest absolute Gasteiger partial charge is 0.0473 e. The van der Waals surface area contributed by atoms with Gasteiger partial charge in [0.2, 0.25) is 0 Å². The van der Waals surface area contributed by atoms with Crippen molar-refractivity contribution >= 4 is 0 Å². The van der Waals surface area contributed by atoms with Crippen LogP contribution in [-0.4, -0.2) is 24.0 Å². The van der Waals surface area contributed by atoms with E-state index < -0.39 is 0 Å². The summed E-state index contributed by atoms with van der Waals surface area (Å²) in [5.41, 5.74) is 8.85. The Labute approximate surface area is 111 Å². The van der Waals surface area contributed by atoms with E-state index in [-0.39, 0.29) is 0 Å². The van der Waals surface area contributed by atoms with Crippen molar-refractivity contribution in [2.24, 2.45) is 5.73 Å². The Bertz CT molecular complexity index is 365. The molecule has 1 atom stereocenters.